The van der Waals surface area contributed by atoms with E-state index in [0.717, 1.165) is 16.5 Å². The second-order valence-corrected chi connectivity index (χ2v) is 5.65. The van der Waals surface area contributed by atoms with Crippen molar-refractivity contribution in [3.63, 3.8) is 0 Å². The lowest BCUT2D eigenvalue weighted by Gasteiger charge is -2.15. The highest BCUT2D eigenvalue weighted by Crippen LogP contribution is 2.12. The molecule has 0 aliphatic heterocycles. The SMILES string of the molecule is CN(CC/C=C/c1cncc(Br)c1)C(=O)Oc1ccccc1. The van der Waals surface area contributed by atoms with Gasteiger partial charge in [0.1, 0.15) is 5.75 Å². The van der Waals surface area contributed by atoms with Crippen molar-refractivity contribution in [3.05, 3.63) is 64.9 Å². The third-order valence-corrected chi connectivity index (χ3v) is 3.36. The summed E-state index contributed by atoms with van der Waals surface area (Å²) in [5.74, 6) is 0.551. The van der Waals surface area contributed by atoms with Gasteiger partial charge in [-0.15, -0.1) is 0 Å². The molecule has 0 spiro atoms. The molecular weight excluding hydrogens is 344 g/mol. The summed E-state index contributed by atoms with van der Waals surface area (Å²) < 4.78 is 6.20. The predicted octanol–water partition coefficient (Wildman–Crippen LogP) is 4.38. The Balaban J connectivity index is 1.77. The number of hydrogen-bond donors (Lipinski definition) is 0. The topological polar surface area (TPSA) is 42.4 Å². The summed E-state index contributed by atoms with van der Waals surface area (Å²) in [6.07, 6.45) is 7.90. The van der Waals surface area contributed by atoms with Crippen LogP contribution in [0.1, 0.15) is 12.0 Å². The summed E-state index contributed by atoms with van der Waals surface area (Å²) in [5.41, 5.74) is 1.02. The Hall–Kier alpha value is -2.14. The zero-order chi connectivity index (χ0) is 15.8. The Morgan fingerprint density at radius 1 is 1.32 bits per heavy atom. The molecule has 2 aromatic rings. The van der Waals surface area contributed by atoms with Gasteiger partial charge in [-0.25, -0.2) is 4.79 Å². The first kappa shape index (κ1) is 16.2. The van der Waals surface area contributed by atoms with Gasteiger partial charge in [0.15, 0.2) is 0 Å². The maximum atomic E-state index is 11.9. The van der Waals surface area contributed by atoms with Gasteiger partial charge in [0.25, 0.3) is 0 Å². The first-order valence-corrected chi connectivity index (χ1v) is 7.69. The van der Waals surface area contributed by atoms with Crippen LogP contribution < -0.4 is 4.74 Å². The minimum atomic E-state index is -0.358. The van der Waals surface area contributed by atoms with E-state index in [1.165, 1.54) is 0 Å². The van der Waals surface area contributed by atoms with Crippen molar-refractivity contribution in [1.82, 2.24) is 9.88 Å². The number of amides is 1. The Morgan fingerprint density at radius 3 is 2.82 bits per heavy atom. The van der Waals surface area contributed by atoms with Crippen molar-refractivity contribution in [3.8, 4) is 5.75 Å². The van der Waals surface area contributed by atoms with Crippen molar-refractivity contribution in [1.29, 1.82) is 0 Å². The molecule has 0 saturated heterocycles. The van der Waals surface area contributed by atoms with E-state index >= 15 is 0 Å². The van der Waals surface area contributed by atoms with Crippen LogP contribution in [0.4, 0.5) is 4.79 Å². The highest BCUT2D eigenvalue weighted by molar-refractivity contribution is 9.10. The van der Waals surface area contributed by atoms with E-state index in [4.69, 9.17) is 4.74 Å². The summed E-state index contributed by atoms with van der Waals surface area (Å²) in [4.78, 5) is 17.5. The van der Waals surface area contributed by atoms with Gasteiger partial charge in [0.05, 0.1) is 0 Å². The number of carbonyl (C=O) groups excluding carboxylic acids is 1. The van der Waals surface area contributed by atoms with Crippen LogP contribution in [0.15, 0.2) is 59.3 Å². The van der Waals surface area contributed by atoms with E-state index in [9.17, 15) is 4.79 Å². The highest BCUT2D eigenvalue weighted by Gasteiger charge is 2.09. The quantitative estimate of drug-likeness (QED) is 0.794. The van der Waals surface area contributed by atoms with Gasteiger partial charge in [-0.2, -0.15) is 0 Å². The second kappa shape index (κ2) is 8.34. The minimum absolute atomic E-state index is 0.358. The summed E-state index contributed by atoms with van der Waals surface area (Å²) in [6, 6.07) is 11.0. The zero-order valence-corrected chi connectivity index (χ0v) is 13.9. The third kappa shape index (κ3) is 5.33. The molecule has 5 heteroatoms. The largest absolute Gasteiger partial charge is 0.414 e. The monoisotopic (exact) mass is 360 g/mol. The normalized spacial score (nSPS) is 10.6. The Kier molecular flexibility index (Phi) is 6.15. The third-order valence-electron chi connectivity index (χ3n) is 2.93. The van der Waals surface area contributed by atoms with E-state index in [1.54, 1.807) is 36.5 Å². The Morgan fingerprint density at radius 2 is 2.09 bits per heavy atom. The van der Waals surface area contributed by atoms with Gasteiger partial charge in [0.2, 0.25) is 0 Å². The molecule has 1 aromatic carbocycles. The Bertz CT molecular complexity index is 644. The fourth-order valence-corrected chi connectivity index (χ4v) is 2.15. The van der Waals surface area contributed by atoms with E-state index in [0.29, 0.717) is 12.3 Å². The van der Waals surface area contributed by atoms with Crippen molar-refractivity contribution >= 4 is 28.1 Å². The molecule has 4 nitrogen and oxygen atoms in total. The van der Waals surface area contributed by atoms with Gasteiger partial charge in [0, 0.05) is 30.5 Å². The first-order chi connectivity index (χ1) is 10.6. The molecule has 0 N–H and O–H groups in total. The molecule has 0 aliphatic rings. The molecule has 1 heterocycles. The van der Waals surface area contributed by atoms with Crippen molar-refractivity contribution in [2.45, 2.75) is 6.42 Å². The van der Waals surface area contributed by atoms with Crippen LogP contribution in [0.5, 0.6) is 5.75 Å². The van der Waals surface area contributed by atoms with E-state index in [2.05, 4.69) is 20.9 Å². The molecular formula is C17H17BrN2O2. The smallest absolute Gasteiger partial charge is 0.410 e. The second-order valence-electron chi connectivity index (χ2n) is 4.73. The van der Waals surface area contributed by atoms with Crippen molar-refractivity contribution in [2.75, 3.05) is 13.6 Å². The molecule has 22 heavy (non-hydrogen) atoms. The van der Waals surface area contributed by atoms with Crippen molar-refractivity contribution in [2.24, 2.45) is 0 Å². The zero-order valence-electron chi connectivity index (χ0n) is 12.3. The summed E-state index contributed by atoms with van der Waals surface area (Å²) in [6.45, 7) is 0.587. The average molecular weight is 361 g/mol. The van der Waals surface area contributed by atoms with Gasteiger partial charge < -0.3 is 9.64 Å². The molecule has 0 atom stereocenters. The summed E-state index contributed by atoms with van der Waals surface area (Å²) in [5, 5.41) is 0. The van der Waals surface area contributed by atoms with Crippen LogP contribution in [0.2, 0.25) is 0 Å². The molecule has 0 radical (unpaired) electrons. The van der Waals surface area contributed by atoms with E-state index in [-0.39, 0.29) is 6.09 Å². The highest BCUT2D eigenvalue weighted by atomic mass is 79.9. The molecule has 114 valence electrons. The fourth-order valence-electron chi connectivity index (χ4n) is 1.77. The van der Waals surface area contributed by atoms with Gasteiger partial charge in [-0.1, -0.05) is 30.4 Å². The fraction of sp³-hybridized carbons (Fsp3) is 0.176. The number of rotatable bonds is 5. The molecule has 0 unspecified atom stereocenters. The van der Waals surface area contributed by atoms with Gasteiger partial charge in [-0.05, 0) is 46.1 Å². The van der Waals surface area contributed by atoms with Crippen molar-refractivity contribution < 1.29 is 9.53 Å². The maximum Gasteiger partial charge on any atom is 0.414 e. The maximum absolute atomic E-state index is 11.9. The molecule has 2 rings (SSSR count). The lowest BCUT2D eigenvalue weighted by molar-refractivity contribution is 0.164. The molecule has 1 amide bonds. The molecule has 0 saturated carbocycles. The number of benzene rings is 1. The van der Waals surface area contributed by atoms with E-state index < -0.39 is 0 Å². The van der Waals surface area contributed by atoms with Crippen LogP contribution in [0, 0.1) is 0 Å². The predicted molar refractivity (Wildman–Crippen MR) is 90.7 cm³/mol. The summed E-state index contributed by atoms with van der Waals surface area (Å²) >= 11 is 3.38. The number of nitrogens with zero attached hydrogens (tertiary/aromatic N) is 2. The lowest BCUT2D eigenvalue weighted by atomic mass is 10.2. The molecule has 0 fully saturated rings. The van der Waals surface area contributed by atoms with Crippen LogP contribution >= 0.6 is 15.9 Å². The van der Waals surface area contributed by atoms with Crippen LogP contribution in [-0.4, -0.2) is 29.6 Å². The van der Waals surface area contributed by atoms with Gasteiger partial charge in [-0.3, -0.25) is 4.98 Å². The number of carbonyl (C=O) groups is 1. The number of pyridine rings is 1. The van der Waals surface area contributed by atoms with Crippen LogP contribution in [0.3, 0.4) is 0 Å². The lowest BCUT2D eigenvalue weighted by Crippen LogP contribution is -2.30. The van der Waals surface area contributed by atoms with Gasteiger partial charge >= 0.3 is 6.09 Å². The number of aromatic nitrogens is 1. The summed E-state index contributed by atoms with van der Waals surface area (Å²) in [7, 11) is 1.72. The van der Waals surface area contributed by atoms with E-state index in [1.807, 2.05) is 36.4 Å². The molecule has 0 bridgehead atoms. The number of para-hydroxylation sites is 1. The molecule has 1 aromatic heterocycles. The molecule has 0 aliphatic carbocycles. The standard InChI is InChI=1S/C17H17BrN2O2/c1-20(17(21)22-16-8-3-2-4-9-16)10-6-5-7-14-11-15(18)13-19-12-14/h2-5,7-9,11-13H,6,10H2,1H3/b7-5+. The average Bonchev–Trinajstić information content (AvgIpc) is 2.52. The number of hydrogen-bond acceptors (Lipinski definition) is 3. The van der Waals surface area contributed by atoms with Crippen LogP contribution in [0.25, 0.3) is 6.08 Å². The van der Waals surface area contributed by atoms with Crippen LogP contribution in [-0.2, 0) is 0 Å². The first-order valence-electron chi connectivity index (χ1n) is 6.90. The number of halogens is 1. The number of ether oxygens (including phenoxy) is 1. The Labute approximate surface area is 138 Å². The minimum Gasteiger partial charge on any atom is -0.410 e.